The normalized spacial score (nSPS) is 19.1. The van der Waals surface area contributed by atoms with E-state index in [0.29, 0.717) is 0 Å². The highest BCUT2D eigenvalue weighted by molar-refractivity contribution is 7.15. The Labute approximate surface area is 201 Å². The van der Waals surface area contributed by atoms with E-state index < -0.39 is 0 Å². The molecule has 0 unspecified atom stereocenters. The van der Waals surface area contributed by atoms with E-state index in [1.54, 1.807) is 7.11 Å². The molecule has 0 amide bonds. The molecule has 168 valence electrons. The van der Waals surface area contributed by atoms with Crippen LogP contribution in [0.25, 0.3) is 0 Å². The first kappa shape index (κ1) is 20.6. The molecule has 3 aromatic carbocycles. The minimum Gasteiger partial charge on any atom is -0.497 e. The summed E-state index contributed by atoms with van der Waals surface area (Å²) in [4.78, 5) is 7.30. The molecule has 34 heavy (non-hydrogen) atoms. The summed E-state index contributed by atoms with van der Waals surface area (Å²) >= 11 is 1.54. The van der Waals surface area contributed by atoms with Gasteiger partial charge in [0.1, 0.15) is 28.7 Å². The van der Waals surface area contributed by atoms with Gasteiger partial charge in [-0.25, -0.2) is 0 Å². The lowest BCUT2D eigenvalue weighted by Gasteiger charge is -2.26. The molecular formula is C26H22N6OS. The third kappa shape index (κ3) is 3.43. The third-order valence-electron chi connectivity index (χ3n) is 5.96. The quantitative estimate of drug-likeness (QED) is 0.411. The number of aryl methyl sites for hydroxylation is 1. The molecule has 0 N–H and O–H groups in total. The number of hydrogen-bond acceptors (Lipinski definition) is 8. The molecular weight excluding hydrogens is 444 g/mol. The van der Waals surface area contributed by atoms with Crippen LogP contribution in [0.15, 0.2) is 95.0 Å². The van der Waals surface area contributed by atoms with Crippen LogP contribution in [0.2, 0.25) is 0 Å². The highest BCUT2D eigenvalue weighted by Crippen LogP contribution is 2.42. The highest BCUT2D eigenvalue weighted by Gasteiger charge is 2.48. The number of anilines is 2. The number of rotatable bonds is 5. The Morgan fingerprint density at radius 3 is 2.21 bits per heavy atom. The van der Waals surface area contributed by atoms with E-state index in [2.05, 4.69) is 56.5 Å². The van der Waals surface area contributed by atoms with Gasteiger partial charge < -0.3 is 4.74 Å². The maximum Gasteiger partial charge on any atom is 0.219 e. The van der Waals surface area contributed by atoms with Crippen LogP contribution >= 0.6 is 11.3 Å². The second-order valence-corrected chi connectivity index (χ2v) is 9.22. The van der Waals surface area contributed by atoms with Crippen LogP contribution in [0.3, 0.4) is 0 Å². The molecule has 4 aromatic rings. The molecule has 0 fully saturated rings. The number of methoxy groups -OCH3 is 1. The van der Waals surface area contributed by atoms with E-state index in [4.69, 9.17) is 14.8 Å². The molecule has 2 atom stereocenters. The Bertz CT molecular complexity index is 1370. The predicted octanol–water partition coefficient (Wildman–Crippen LogP) is 5.07. The minimum absolute atomic E-state index is 0.110. The van der Waals surface area contributed by atoms with Gasteiger partial charge in [-0.05, 0) is 36.8 Å². The maximum atomic E-state index is 5.39. The van der Waals surface area contributed by atoms with Crippen molar-refractivity contribution in [1.29, 1.82) is 0 Å². The summed E-state index contributed by atoms with van der Waals surface area (Å²) in [6.07, 6.45) is 0. The van der Waals surface area contributed by atoms with E-state index in [9.17, 15) is 0 Å². The second kappa shape index (κ2) is 8.39. The molecule has 2 aliphatic rings. The zero-order chi connectivity index (χ0) is 23.1. The summed E-state index contributed by atoms with van der Waals surface area (Å²) in [6.45, 7) is 1.96. The maximum absolute atomic E-state index is 5.39. The zero-order valence-corrected chi connectivity index (χ0v) is 19.6. The lowest BCUT2D eigenvalue weighted by molar-refractivity contribution is 0.414. The predicted molar refractivity (Wildman–Crippen MR) is 136 cm³/mol. The number of nitrogens with zero attached hydrogens (tertiary/aromatic N) is 6. The zero-order valence-electron chi connectivity index (χ0n) is 18.7. The third-order valence-corrected chi connectivity index (χ3v) is 6.78. The number of hydrazone groups is 1. The Kier molecular flexibility index (Phi) is 5.07. The van der Waals surface area contributed by atoms with E-state index in [1.165, 1.54) is 11.3 Å². The molecule has 0 aliphatic carbocycles. The number of fused-ring (bicyclic) bond motifs is 1. The monoisotopic (exact) mass is 466 g/mol. The minimum atomic E-state index is -0.201. The molecule has 0 saturated carbocycles. The molecule has 1 aromatic heterocycles. The fourth-order valence-electron chi connectivity index (χ4n) is 4.39. The number of aromatic nitrogens is 2. The fraction of sp³-hybridized carbons (Fsp3) is 0.154. The lowest BCUT2D eigenvalue weighted by atomic mass is 9.99. The van der Waals surface area contributed by atoms with Crippen LogP contribution in [0.1, 0.15) is 22.2 Å². The van der Waals surface area contributed by atoms with Crippen molar-refractivity contribution in [3.8, 4) is 5.75 Å². The smallest absolute Gasteiger partial charge is 0.219 e. The summed E-state index contributed by atoms with van der Waals surface area (Å²) in [5.41, 5.74) is 3.14. The molecule has 6 rings (SSSR count). The topological polar surface area (TPSA) is 66.2 Å². The van der Waals surface area contributed by atoms with E-state index >= 15 is 0 Å². The van der Waals surface area contributed by atoms with Crippen molar-refractivity contribution in [3.05, 3.63) is 101 Å². The average Bonchev–Trinajstić information content (AvgIpc) is 3.58. The summed E-state index contributed by atoms with van der Waals surface area (Å²) in [5, 5.41) is 17.6. The van der Waals surface area contributed by atoms with E-state index in [0.717, 1.165) is 44.4 Å². The second-order valence-electron chi connectivity index (χ2n) is 8.06. The Morgan fingerprint density at radius 1 is 0.853 bits per heavy atom. The molecule has 0 radical (unpaired) electrons. The van der Waals surface area contributed by atoms with Crippen molar-refractivity contribution >= 4 is 33.8 Å². The van der Waals surface area contributed by atoms with E-state index in [-0.39, 0.29) is 12.1 Å². The standard InChI is InChI=1S/C26H22N6OS/c1-17-28-29-26(34-17)31-24(19-9-5-3-6-10-19)27-22-23(18-13-15-21(33-2)16-14-18)32(30-25(22)31)20-11-7-4-8-12-20/h3-16,22-23H,1-2H3/t22-,23-/m0/s1. The molecule has 0 saturated heterocycles. The first-order valence-corrected chi connectivity index (χ1v) is 11.8. The van der Waals surface area contributed by atoms with Crippen LogP contribution in [0, 0.1) is 6.92 Å². The van der Waals surface area contributed by atoms with Gasteiger partial charge in [-0.3, -0.25) is 14.9 Å². The SMILES string of the molecule is COc1ccc([C@H]2[C@@H]3N=C(c4ccccc4)N(c4nnc(C)s4)C3=NN2c2ccccc2)cc1. The van der Waals surface area contributed by atoms with Crippen molar-refractivity contribution < 1.29 is 4.74 Å². The van der Waals surface area contributed by atoms with Crippen molar-refractivity contribution in [2.24, 2.45) is 10.1 Å². The average molecular weight is 467 g/mol. The van der Waals surface area contributed by atoms with Crippen molar-refractivity contribution in [1.82, 2.24) is 10.2 Å². The number of aliphatic imine (C=N–C) groups is 1. The first-order valence-electron chi connectivity index (χ1n) is 11.0. The largest absolute Gasteiger partial charge is 0.497 e. The van der Waals surface area contributed by atoms with Crippen molar-refractivity contribution in [2.45, 2.75) is 19.0 Å². The number of para-hydroxylation sites is 1. The number of hydrogen-bond donors (Lipinski definition) is 0. The van der Waals surface area contributed by atoms with Crippen molar-refractivity contribution in [3.63, 3.8) is 0 Å². The van der Waals surface area contributed by atoms with Gasteiger partial charge in [0.05, 0.1) is 12.8 Å². The number of amidine groups is 2. The Morgan fingerprint density at radius 2 is 1.56 bits per heavy atom. The van der Waals surface area contributed by atoms with Crippen LogP contribution in [0.5, 0.6) is 5.75 Å². The summed E-state index contributed by atoms with van der Waals surface area (Å²) in [6, 6.07) is 28.2. The Hall–Kier alpha value is -4.04. The van der Waals surface area contributed by atoms with Crippen LogP contribution in [0.4, 0.5) is 10.8 Å². The van der Waals surface area contributed by atoms with Gasteiger partial charge in [-0.15, -0.1) is 10.2 Å². The van der Waals surface area contributed by atoms with Gasteiger partial charge in [0.15, 0.2) is 5.84 Å². The van der Waals surface area contributed by atoms with Crippen LogP contribution < -0.4 is 14.6 Å². The molecule has 0 bridgehead atoms. The van der Waals surface area contributed by atoms with Crippen molar-refractivity contribution in [2.75, 3.05) is 17.0 Å². The Balaban J connectivity index is 1.51. The van der Waals surface area contributed by atoms with Crippen LogP contribution in [-0.4, -0.2) is 35.0 Å². The molecule has 8 heteroatoms. The molecule has 0 spiro atoms. The summed E-state index contributed by atoms with van der Waals surface area (Å²) in [5.74, 6) is 2.51. The van der Waals surface area contributed by atoms with Gasteiger partial charge in [-0.2, -0.15) is 5.10 Å². The first-order chi connectivity index (χ1) is 16.7. The summed E-state index contributed by atoms with van der Waals surface area (Å²) < 4.78 is 5.39. The molecule has 7 nitrogen and oxygen atoms in total. The van der Waals surface area contributed by atoms with Gasteiger partial charge in [-0.1, -0.05) is 72.0 Å². The fourth-order valence-corrected chi connectivity index (χ4v) is 5.09. The van der Waals surface area contributed by atoms with Gasteiger partial charge >= 0.3 is 0 Å². The lowest BCUT2D eigenvalue weighted by Crippen LogP contribution is -2.35. The van der Waals surface area contributed by atoms with Crippen LogP contribution in [-0.2, 0) is 0 Å². The molecule has 2 aliphatic heterocycles. The number of ether oxygens (including phenoxy) is 1. The van der Waals surface area contributed by atoms with Gasteiger partial charge in [0, 0.05) is 5.56 Å². The summed E-state index contributed by atoms with van der Waals surface area (Å²) in [7, 11) is 1.68. The molecule has 3 heterocycles. The number of benzene rings is 3. The van der Waals surface area contributed by atoms with E-state index in [1.807, 2.05) is 55.5 Å². The van der Waals surface area contributed by atoms with Gasteiger partial charge in [0.2, 0.25) is 5.13 Å². The van der Waals surface area contributed by atoms with Gasteiger partial charge in [0.25, 0.3) is 0 Å². The highest BCUT2D eigenvalue weighted by atomic mass is 32.1.